The molecule has 2 bridgehead atoms. The summed E-state index contributed by atoms with van der Waals surface area (Å²) in [6.45, 7) is 5.85. The molecule has 3 fully saturated rings. The Morgan fingerprint density at radius 1 is 1.40 bits per heavy atom. The molecule has 2 amide bonds. The number of carbonyl (C=O) groups is 2. The van der Waals surface area contributed by atoms with Crippen LogP contribution in [0, 0.1) is 5.92 Å². The van der Waals surface area contributed by atoms with E-state index in [9.17, 15) is 9.59 Å². The maximum absolute atomic E-state index is 12.7. The molecular formula is C18H24ClN3O3. The van der Waals surface area contributed by atoms with Crippen molar-refractivity contribution in [2.45, 2.75) is 45.6 Å². The molecule has 136 valence electrons. The van der Waals surface area contributed by atoms with Crippen molar-refractivity contribution in [3.8, 4) is 0 Å². The molecule has 0 N–H and O–H groups in total. The number of nitrogens with zero attached hydrogens (tertiary/aromatic N) is 3. The second-order valence-electron chi connectivity index (χ2n) is 7.11. The Kier molecular flexibility index (Phi) is 5.47. The minimum atomic E-state index is -0.0759. The minimum Gasteiger partial charge on any atom is -0.360 e. The fraction of sp³-hybridized carbons (Fsp3) is 0.611. The normalized spacial score (nSPS) is 22.9. The van der Waals surface area contributed by atoms with Gasteiger partial charge in [-0.3, -0.25) is 9.59 Å². The molecule has 0 unspecified atom stereocenters. The number of piperidine rings is 1. The van der Waals surface area contributed by atoms with Crippen LogP contribution >= 0.6 is 11.6 Å². The molecule has 3 aliphatic heterocycles. The van der Waals surface area contributed by atoms with Gasteiger partial charge in [-0.2, -0.15) is 0 Å². The number of rotatable bonds is 5. The zero-order chi connectivity index (χ0) is 18.0. The van der Waals surface area contributed by atoms with Crippen LogP contribution in [0.25, 0.3) is 0 Å². The van der Waals surface area contributed by atoms with Crippen molar-refractivity contribution < 1.29 is 14.1 Å². The average molecular weight is 366 g/mol. The summed E-state index contributed by atoms with van der Waals surface area (Å²) in [4.78, 5) is 29.1. The van der Waals surface area contributed by atoms with Crippen LogP contribution in [-0.2, 0) is 16.0 Å². The predicted molar refractivity (Wildman–Crippen MR) is 94.1 cm³/mol. The maximum Gasteiger partial charge on any atom is 0.228 e. The molecule has 3 saturated heterocycles. The molecular weight excluding hydrogens is 342 g/mol. The van der Waals surface area contributed by atoms with Crippen LogP contribution in [0.2, 0.25) is 5.15 Å². The second-order valence-corrected chi connectivity index (χ2v) is 7.50. The van der Waals surface area contributed by atoms with Crippen molar-refractivity contribution in [2.24, 2.45) is 5.92 Å². The number of aryl methyl sites for hydroxylation is 1. The minimum absolute atomic E-state index is 0.0567. The number of hydrogen-bond donors (Lipinski definition) is 0. The van der Waals surface area contributed by atoms with Gasteiger partial charge < -0.3 is 14.3 Å². The molecule has 4 rings (SSSR count). The summed E-state index contributed by atoms with van der Waals surface area (Å²) in [5.41, 5.74) is 1.20. The summed E-state index contributed by atoms with van der Waals surface area (Å²) >= 11 is 5.73. The van der Waals surface area contributed by atoms with Crippen molar-refractivity contribution in [2.75, 3.05) is 19.6 Å². The van der Waals surface area contributed by atoms with E-state index in [1.54, 1.807) is 6.07 Å². The number of aromatic nitrogens is 1. The first kappa shape index (κ1) is 18.0. The highest BCUT2D eigenvalue weighted by Crippen LogP contribution is 2.29. The molecule has 0 saturated carbocycles. The lowest BCUT2D eigenvalue weighted by Crippen LogP contribution is -2.48. The van der Waals surface area contributed by atoms with Crippen molar-refractivity contribution in [3.05, 3.63) is 28.6 Å². The van der Waals surface area contributed by atoms with E-state index in [0.29, 0.717) is 43.4 Å². The molecule has 6 nitrogen and oxygen atoms in total. The third-order valence-electron chi connectivity index (χ3n) is 4.96. The highest BCUT2D eigenvalue weighted by atomic mass is 35.5. The van der Waals surface area contributed by atoms with Gasteiger partial charge >= 0.3 is 0 Å². The van der Waals surface area contributed by atoms with E-state index >= 15 is 0 Å². The quantitative estimate of drug-likeness (QED) is 0.752. The molecule has 1 aromatic rings. The summed E-state index contributed by atoms with van der Waals surface area (Å²) in [6, 6.07) is 1.75. The molecule has 0 radical (unpaired) electrons. The number of halogens is 1. The van der Waals surface area contributed by atoms with E-state index in [-0.39, 0.29) is 23.8 Å². The number of allylic oxidation sites excluding steroid dienone is 1. The van der Waals surface area contributed by atoms with Gasteiger partial charge in [0.2, 0.25) is 11.8 Å². The third kappa shape index (κ3) is 4.24. The van der Waals surface area contributed by atoms with Crippen LogP contribution in [0.15, 0.2) is 22.2 Å². The van der Waals surface area contributed by atoms with Crippen molar-refractivity contribution >= 4 is 23.4 Å². The zero-order valence-corrected chi connectivity index (χ0v) is 15.5. The van der Waals surface area contributed by atoms with Crippen LogP contribution < -0.4 is 0 Å². The highest BCUT2D eigenvalue weighted by Gasteiger charge is 2.41. The Hall–Kier alpha value is -1.82. The maximum atomic E-state index is 12.7. The molecule has 25 heavy (non-hydrogen) atoms. The van der Waals surface area contributed by atoms with E-state index in [1.165, 1.54) is 5.57 Å². The molecule has 7 heteroatoms. The lowest BCUT2D eigenvalue weighted by molar-refractivity contribution is -0.139. The number of carbonyl (C=O) groups excluding carboxylic acids is 2. The van der Waals surface area contributed by atoms with Gasteiger partial charge in [-0.15, -0.1) is 0 Å². The Balaban J connectivity index is 1.63. The van der Waals surface area contributed by atoms with Crippen LogP contribution in [0.3, 0.4) is 0 Å². The van der Waals surface area contributed by atoms with Crippen molar-refractivity contribution in [1.29, 1.82) is 0 Å². The summed E-state index contributed by atoms with van der Waals surface area (Å²) in [5, 5.41) is 3.92. The lowest BCUT2D eigenvalue weighted by Gasteiger charge is -2.35. The Morgan fingerprint density at radius 2 is 2.20 bits per heavy atom. The number of fused-ring (bicyclic) bond motifs is 4. The molecule has 2 atom stereocenters. The fourth-order valence-electron chi connectivity index (χ4n) is 3.56. The van der Waals surface area contributed by atoms with Gasteiger partial charge in [0, 0.05) is 44.6 Å². The van der Waals surface area contributed by atoms with Gasteiger partial charge in [0.25, 0.3) is 0 Å². The summed E-state index contributed by atoms with van der Waals surface area (Å²) in [5.74, 6) is 0.776. The second kappa shape index (κ2) is 7.60. The van der Waals surface area contributed by atoms with E-state index in [2.05, 4.69) is 11.2 Å². The third-order valence-corrected chi connectivity index (χ3v) is 5.14. The lowest BCUT2D eigenvalue weighted by atomic mass is 9.94. The van der Waals surface area contributed by atoms with Crippen LogP contribution in [0.5, 0.6) is 0 Å². The molecule has 4 heterocycles. The van der Waals surface area contributed by atoms with Gasteiger partial charge in [-0.05, 0) is 26.7 Å². The van der Waals surface area contributed by atoms with E-state index in [1.807, 2.05) is 23.6 Å². The largest absolute Gasteiger partial charge is 0.360 e. The van der Waals surface area contributed by atoms with Crippen LogP contribution in [-0.4, -0.2) is 52.4 Å². The number of amides is 2. The van der Waals surface area contributed by atoms with Gasteiger partial charge in [0.15, 0.2) is 5.15 Å². The summed E-state index contributed by atoms with van der Waals surface area (Å²) in [6.07, 6.45) is 4.73. The first-order chi connectivity index (χ1) is 11.9. The van der Waals surface area contributed by atoms with Crippen molar-refractivity contribution in [1.82, 2.24) is 15.0 Å². The smallest absolute Gasteiger partial charge is 0.228 e. The van der Waals surface area contributed by atoms with Gasteiger partial charge in [0.05, 0.1) is 5.92 Å². The summed E-state index contributed by atoms with van der Waals surface area (Å²) in [7, 11) is 0. The SMILES string of the molecule is CC(C)=CCN1C(=O)[C@@H]2CC[C@H]1CN(C(=O)CCc1cc(Cl)no1)C2. The zero-order valence-electron chi connectivity index (χ0n) is 14.7. The van der Waals surface area contributed by atoms with E-state index < -0.39 is 0 Å². The van der Waals surface area contributed by atoms with Gasteiger partial charge in [-0.1, -0.05) is 28.4 Å². The molecule has 0 spiro atoms. The Bertz CT molecular complexity index is 681. The Labute approximate surface area is 152 Å². The predicted octanol–water partition coefficient (Wildman–Crippen LogP) is 2.68. The molecule has 3 aliphatic rings. The van der Waals surface area contributed by atoms with Crippen LogP contribution in [0.4, 0.5) is 0 Å². The topological polar surface area (TPSA) is 66.7 Å². The molecule has 1 aromatic heterocycles. The van der Waals surface area contributed by atoms with E-state index in [4.69, 9.17) is 16.1 Å². The Morgan fingerprint density at radius 3 is 2.88 bits per heavy atom. The van der Waals surface area contributed by atoms with Gasteiger partial charge in [-0.25, -0.2) is 0 Å². The highest BCUT2D eigenvalue weighted by molar-refractivity contribution is 6.29. The first-order valence-electron chi connectivity index (χ1n) is 8.76. The van der Waals surface area contributed by atoms with Gasteiger partial charge in [0.1, 0.15) is 5.76 Å². The number of hydrogen-bond acceptors (Lipinski definition) is 4. The fourth-order valence-corrected chi connectivity index (χ4v) is 3.72. The molecule has 0 aliphatic carbocycles. The molecule has 0 aromatic carbocycles. The standard InChI is InChI=1S/C18H24ClN3O3/c1-12(2)7-8-22-14-4-3-13(18(22)24)10-21(11-14)17(23)6-5-15-9-16(19)20-25-15/h7,9,13-14H,3-6,8,10-11H2,1-2H3/t13-,14+/m1/s1. The van der Waals surface area contributed by atoms with Crippen LogP contribution in [0.1, 0.15) is 38.9 Å². The monoisotopic (exact) mass is 365 g/mol. The average Bonchev–Trinajstić information content (AvgIpc) is 2.80. The summed E-state index contributed by atoms with van der Waals surface area (Å²) < 4.78 is 5.05. The first-order valence-corrected chi connectivity index (χ1v) is 9.14. The van der Waals surface area contributed by atoms with Crippen molar-refractivity contribution in [3.63, 3.8) is 0 Å². The van der Waals surface area contributed by atoms with E-state index in [0.717, 1.165) is 12.8 Å².